The summed E-state index contributed by atoms with van der Waals surface area (Å²) in [5.41, 5.74) is -0.954. The maximum Gasteiger partial charge on any atom is 0.416 e. The van der Waals surface area contributed by atoms with E-state index in [1.165, 1.54) is 31.4 Å². The molecule has 2 rings (SSSR count). The van der Waals surface area contributed by atoms with Gasteiger partial charge in [-0.15, -0.1) is 0 Å². The lowest BCUT2D eigenvalue weighted by Crippen LogP contribution is -2.14. The van der Waals surface area contributed by atoms with Crippen LogP contribution in [0.3, 0.4) is 0 Å². The second-order valence-corrected chi connectivity index (χ2v) is 6.08. The van der Waals surface area contributed by atoms with Gasteiger partial charge in [-0.2, -0.15) is 18.4 Å². The fourth-order valence-electron chi connectivity index (χ4n) is 2.39. The van der Waals surface area contributed by atoms with E-state index in [0.29, 0.717) is 23.7 Å². The lowest BCUT2D eigenvalue weighted by atomic mass is 10.1. The van der Waals surface area contributed by atoms with Crippen LogP contribution in [-0.4, -0.2) is 19.6 Å². The van der Waals surface area contributed by atoms with Crippen LogP contribution < -0.4 is 14.8 Å². The molecule has 0 spiro atoms. The highest BCUT2D eigenvalue weighted by molar-refractivity contribution is 6.32. The van der Waals surface area contributed by atoms with Gasteiger partial charge < -0.3 is 14.8 Å². The van der Waals surface area contributed by atoms with Gasteiger partial charge in [0, 0.05) is 5.69 Å². The molecule has 0 unspecified atom stereocenters. The van der Waals surface area contributed by atoms with Gasteiger partial charge in [0.2, 0.25) is 0 Å². The van der Waals surface area contributed by atoms with E-state index < -0.39 is 17.6 Å². The monoisotopic (exact) mass is 424 g/mol. The van der Waals surface area contributed by atoms with Crippen LogP contribution in [0.1, 0.15) is 18.1 Å². The Balaban J connectivity index is 2.32. The number of hydrogen-bond donors (Lipinski definition) is 1. The third-order valence-corrected chi connectivity index (χ3v) is 3.95. The van der Waals surface area contributed by atoms with Crippen LogP contribution in [-0.2, 0) is 11.0 Å². The molecule has 1 N–H and O–H groups in total. The zero-order chi connectivity index (χ0) is 21.6. The first kappa shape index (κ1) is 22.1. The fourth-order valence-corrected chi connectivity index (χ4v) is 2.67. The summed E-state index contributed by atoms with van der Waals surface area (Å²) in [5.74, 6) is -0.238. The average molecular weight is 425 g/mol. The van der Waals surface area contributed by atoms with Crippen LogP contribution >= 0.6 is 11.6 Å². The predicted molar refractivity (Wildman–Crippen MR) is 103 cm³/mol. The van der Waals surface area contributed by atoms with Gasteiger partial charge in [-0.25, -0.2) is 0 Å². The van der Waals surface area contributed by atoms with Crippen LogP contribution in [0.5, 0.6) is 11.5 Å². The van der Waals surface area contributed by atoms with E-state index in [1.54, 1.807) is 13.0 Å². The highest BCUT2D eigenvalue weighted by atomic mass is 35.5. The summed E-state index contributed by atoms with van der Waals surface area (Å²) >= 11 is 6.16. The van der Waals surface area contributed by atoms with Gasteiger partial charge in [0.1, 0.15) is 11.6 Å². The number of hydrogen-bond acceptors (Lipinski definition) is 4. The molecule has 152 valence electrons. The average Bonchev–Trinajstić information content (AvgIpc) is 2.67. The summed E-state index contributed by atoms with van der Waals surface area (Å²) in [7, 11) is 1.41. The van der Waals surface area contributed by atoms with E-state index in [4.69, 9.17) is 21.1 Å². The third-order valence-electron chi connectivity index (χ3n) is 3.66. The number of nitriles is 1. The molecule has 0 aromatic heterocycles. The molecular formula is C20H16ClF3N2O3. The third kappa shape index (κ3) is 5.65. The van der Waals surface area contributed by atoms with E-state index in [0.717, 1.165) is 18.2 Å². The van der Waals surface area contributed by atoms with E-state index in [2.05, 4.69) is 5.32 Å². The van der Waals surface area contributed by atoms with E-state index >= 15 is 0 Å². The molecule has 0 atom stereocenters. The summed E-state index contributed by atoms with van der Waals surface area (Å²) < 4.78 is 49.0. The highest BCUT2D eigenvalue weighted by Crippen LogP contribution is 2.37. The summed E-state index contributed by atoms with van der Waals surface area (Å²) in [5, 5.41) is 11.8. The van der Waals surface area contributed by atoms with Crippen molar-refractivity contribution in [3.8, 4) is 17.6 Å². The number of ether oxygens (including phenoxy) is 2. The van der Waals surface area contributed by atoms with Gasteiger partial charge in [0.25, 0.3) is 5.91 Å². The van der Waals surface area contributed by atoms with Crippen molar-refractivity contribution in [1.82, 2.24) is 0 Å². The molecule has 0 aliphatic rings. The standard InChI is InChI=1S/C20H16ClF3N2O3/c1-3-29-18-16(21)8-12(9-17(18)28-2)7-13(11-25)19(27)26-15-6-4-5-14(10-15)20(22,23)24/h4-10H,3H2,1-2H3,(H,26,27)/b13-7+. The number of halogens is 4. The second kappa shape index (κ2) is 9.34. The Morgan fingerprint density at radius 2 is 2.03 bits per heavy atom. The number of benzene rings is 2. The summed E-state index contributed by atoms with van der Waals surface area (Å²) in [4.78, 5) is 12.3. The molecule has 0 fully saturated rings. The number of anilines is 1. The molecule has 2 aromatic carbocycles. The summed E-state index contributed by atoms with van der Waals surface area (Å²) in [6, 6.07) is 8.83. The second-order valence-electron chi connectivity index (χ2n) is 5.67. The molecule has 9 heteroatoms. The molecule has 0 saturated carbocycles. The van der Waals surface area contributed by atoms with Crippen LogP contribution in [0.2, 0.25) is 5.02 Å². The van der Waals surface area contributed by atoms with Gasteiger partial charge >= 0.3 is 6.18 Å². The number of alkyl halides is 3. The van der Waals surface area contributed by atoms with Crippen LogP contribution in [0.25, 0.3) is 6.08 Å². The molecule has 2 aromatic rings. The minimum atomic E-state index is -4.55. The van der Waals surface area contributed by atoms with Crippen molar-refractivity contribution >= 4 is 29.3 Å². The first-order valence-electron chi connectivity index (χ1n) is 8.30. The van der Waals surface area contributed by atoms with Crippen molar-refractivity contribution in [2.75, 3.05) is 19.0 Å². The lowest BCUT2D eigenvalue weighted by Gasteiger charge is -2.12. The Morgan fingerprint density at radius 3 is 2.62 bits per heavy atom. The number of carbonyl (C=O) groups is 1. The van der Waals surface area contributed by atoms with Gasteiger partial charge in [-0.1, -0.05) is 17.7 Å². The minimum absolute atomic E-state index is 0.0896. The Morgan fingerprint density at radius 1 is 1.31 bits per heavy atom. The Bertz CT molecular complexity index is 982. The number of methoxy groups -OCH3 is 1. The lowest BCUT2D eigenvalue weighted by molar-refractivity contribution is -0.137. The van der Waals surface area contributed by atoms with E-state index in [9.17, 15) is 23.2 Å². The molecule has 0 aliphatic carbocycles. The van der Waals surface area contributed by atoms with Crippen molar-refractivity contribution in [2.45, 2.75) is 13.1 Å². The van der Waals surface area contributed by atoms with Crippen molar-refractivity contribution in [2.24, 2.45) is 0 Å². The fraction of sp³-hybridized carbons (Fsp3) is 0.200. The highest BCUT2D eigenvalue weighted by Gasteiger charge is 2.30. The Labute approximate surface area is 170 Å². The predicted octanol–water partition coefficient (Wildman–Crippen LogP) is 5.31. The van der Waals surface area contributed by atoms with Gasteiger partial charge in [0.05, 0.1) is 24.3 Å². The molecule has 0 heterocycles. The SMILES string of the molecule is CCOc1c(Cl)cc(/C=C(\C#N)C(=O)Nc2cccc(C(F)(F)F)c2)cc1OC. The molecule has 0 radical (unpaired) electrons. The summed E-state index contributed by atoms with van der Waals surface area (Å²) in [6.45, 7) is 2.13. The molecule has 0 aliphatic heterocycles. The molecule has 0 saturated heterocycles. The molecule has 0 bridgehead atoms. The number of carbonyl (C=O) groups excluding carboxylic acids is 1. The molecule has 1 amide bonds. The molecular weight excluding hydrogens is 409 g/mol. The maximum absolute atomic E-state index is 12.8. The maximum atomic E-state index is 12.8. The molecule has 5 nitrogen and oxygen atoms in total. The van der Waals surface area contributed by atoms with Crippen LogP contribution in [0, 0.1) is 11.3 Å². The number of rotatable bonds is 6. The number of amides is 1. The first-order chi connectivity index (χ1) is 13.7. The van der Waals surface area contributed by atoms with Crippen molar-refractivity contribution < 1.29 is 27.4 Å². The van der Waals surface area contributed by atoms with E-state index in [1.807, 2.05) is 0 Å². The largest absolute Gasteiger partial charge is 0.493 e. The van der Waals surface area contributed by atoms with Crippen molar-refractivity contribution in [3.63, 3.8) is 0 Å². The Kier molecular flexibility index (Phi) is 7.13. The summed E-state index contributed by atoms with van der Waals surface area (Å²) in [6.07, 6.45) is -3.31. The minimum Gasteiger partial charge on any atom is -0.493 e. The number of nitrogens with one attached hydrogen (secondary N) is 1. The molecule has 29 heavy (non-hydrogen) atoms. The van der Waals surface area contributed by atoms with Crippen molar-refractivity contribution in [3.05, 3.63) is 58.1 Å². The normalized spacial score (nSPS) is 11.6. The van der Waals surface area contributed by atoms with Crippen molar-refractivity contribution in [1.29, 1.82) is 5.26 Å². The zero-order valence-electron chi connectivity index (χ0n) is 15.4. The first-order valence-corrected chi connectivity index (χ1v) is 8.68. The van der Waals surface area contributed by atoms with Gasteiger partial charge in [-0.05, 0) is 48.9 Å². The Hall–Kier alpha value is -3.18. The number of nitrogens with zero attached hydrogens (tertiary/aromatic N) is 1. The quantitative estimate of drug-likeness (QED) is 0.503. The van der Waals surface area contributed by atoms with Crippen LogP contribution in [0.4, 0.5) is 18.9 Å². The van der Waals surface area contributed by atoms with E-state index in [-0.39, 0.29) is 16.3 Å². The topological polar surface area (TPSA) is 71.3 Å². The van der Waals surface area contributed by atoms with Gasteiger partial charge in [-0.3, -0.25) is 4.79 Å². The van der Waals surface area contributed by atoms with Gasteiger partial charge in [0.15, 0.2) is 11.5 Å². The smallest absolute Gasteiger partial charge is 0.416 e. The van der Waals surface area contributed by atoms with Crippen LogP contribution in [0.15, 0.2) is 42.0 Å². The zero-order valence-corrected chi connectivity index (χ0v) is 16.2.